The van der Waals surface area contributed by atoms with E-state index in [0.29, 0.717) is 0 Å². The molecule has 2 aromatic rings. The fourth-order valence-electron chi connectivity index (χ4n) is 2.08. The number of aromatic carboxylic acids is 1. The van der Waals surface area contributed by atoms with Crippen molar-refractivity contribution in [2.24, 2.45) is 0 Å². The molecule has 1 N–H and O–H groups in total. The SMILES string of the molecule is COC(c1ccc(C)cc1)c1oc(C(C)=O)cc1C(=O)O. The first kappa shape index (κ1) is 15.0. The molecule has 0 aliphatic heterocycles. The van der Waals surface area contributed by atoms with Gasteiger partial charge in [0.05, 0.1) is 0 Å². The molecule has 0 radical (unpaired) electrons. The third-order valence-corrected chi connectivity index (χ3v) is 3.19. The Morgan fingerprint density at radius 3 is 2.33 bits per heavy atom. The number of rotatable bonds is 5. The fourth-order valence-corrected chi connectivity index (χ4v) is 2.08. The van der Waals surface area contributed by atoms with Crippen LogP contribution in [0.3, 0.4) is 0 Å². The van der Waals surface area contributed by atoms with Gasteiger partial charge in [-0.05, 0) is 12.5 Å². The molecule has 1 unspecified atom stereocenters. The smallest absolute Gasteiger partial charge is 0.339 e. The predicted molar refractivity (Wildman–Crippen MR) is 75.7 cm³/mol. The van der Waals surface area contributed by atoms with E-state index in [9.17, 15) is 14.7 Å². The number of carboxylic acids is 1. The number of benzene rings is 1. The largest absolute Gasteiger partial charge is 0.478 e. The molecule has 1 aromatic carbocycles. The molecule has 5 nitrogen and oxygen atoms in total. The molecule has 0 spiro atoms. The Morgan fingerprint density at radius 1 is 1.24 bits per heavy atom. The Hall–Kier alpha value is -2.40. The van der Waals surface area contributed by atoms with Crippen LogP contribution in [0.1, 0.15) is 50.8 Å². The number of Topliss-reactive ketones (excluding diaryl/α,β-unsaturated/α-hetero) is 1. The topological polar surface area (TPSA) is 76.7 Å². The molecule has 21 heavy (non-hydrogen) atoms. The summed E-state index contributed by atoms with van der Waals surface area (Å²) in [6, 6.07) is 8.71. The quantitative estimate of drug-likeness (QED) is 0.855. The molecular formula is C16H16O5. The van der Waals surface area contributed by atoms with E-state index in [2.05, 4.69) is 0 Å². The summed E-state index contributed by atoms with van der Waals surface area (Å²) in [5.74, 6) is -1.35. The molecule has 0 saturated heterocycles. The van der Waals surface area contributed by atoms with Crippen molar-refractivity contribution in [2.75, 3.05) is 7.11 Å². The maximum Gasteiger partial charge on any atom is 0.339 e. The molecule has 0 amide bonds. The fraction of sp³-hybridized carbons (Fsp3) is 0.250. The number of carbonyl (C=O) groups is 2. The lowest BCUT2D eigenvalue weighted by Crippen LogP contribution is -2.08. The summed E-state index contributed by atoms with van der Waals surface area (Å²) in [7, 11) is 1.46. The second kappa shape index (κ2) is 5.93. The van der Waals surface area contributed by atoms with E-state index in [1.165, 1.54) is 20.1 Å². The third kappa shape index (κ3) is 3.03. The monoisotopic (exact) mass is 288 g/mol. The molecule has 1 aromatic heterocycles. The molecule has 0 aliphatic carbocycles. The van der Waals surface area contributed by atoms with Crippen LogP contribution in [0.4, 0.5) is 0 Å². The molecule has 0 fully saturated rings. The number of carboxylic acid groups (broad SMARTS) is 1. The van der Waals surface area contributed by atoms with Crippen LogP contribution < -0.4 is 0 Å². The van der Waals surface area contributed by atoms with Crippen LogP contribution in [-0.2, 0) is 4.74 Å². The van der Waals surface area contributed by atoms with Gasteiger partial charge < -0.3 is 14.3 Å². The van der Waals surface area contributed by atoms with Crippen molar-refractivity contribution in [3.05, 3.63) is 58.5 Å². The molecular weight excluding hydrogens is 272 g/mol. The molecule has 0 bridgehead atoms. The Labute approximate surface area is 122 Å². The Morgan fingerprint density at radius 2 is 1.86 bits per heavy atom. The van der Waals surface area contributed by atoms with E-state index in [0.717, 1.165) is 11.1 Å². The Kier molecular flexibility index (Phi) is 4.23. The molecule has 0 saturated carbocycles. The first-order chi connectivity index (χ1) is 9.93. The van der Waals surface area contributed by atoms with Crippen LogP contribution in [0.2, 0.25) is 0 Å². The summed E-state index contributed by atoms with van der Waals surface area (Å²) in [6.45, 7) is 3.27. The van der Waals surface area contributed by atoms with Crippen molar-refractivity contribution in [1.29, 1.82) is 0 Å². The summed E-state index contributed by atoms with van der Waals surface area (Å²) in [6.07, 6.45) is -0.676. The van der Waals surface area contributed by atoms with Crippen molar-refractivity contribution in [1.82, 2.24) is 0 Å². The minimum Gasteiger partial charge on any atom is -0.478 e. The van der Waals surface area contributed by atoms with Gasteiger partial charge in [0.2, 0.25) is 0 Å². The van der Waals surface area contributed by atoms with Gasteiger partial charge in [-0.2, -0.15) is 0 Å². The van der Waals surface area contributed by atoms with Crippen molar-refractivity contribution < 1.29 is 23.8 Å². The number of hydrogen-bond donors (Lipinski definition) is 1. The number of methoxy groups -OCH3 is 1. The average Bonchev–Trinajstić information content (AvgIpc) is 2.87. The summed E-state index contributed by atoms with van der Waals surface area (Å²) in [5, 5.41) is 9.27. The maximum atomic E-state index is 11.4. The highest BCUT2D eigenvalue weighted by Crippen LogP contribution is 2.31. The second-order valence-corrected chi connectivity index (χ2v) is 4.78. The van der Waals surface area contributed by atoms with Crippen LogP contribution in [0.25, 0.3) is 0 Å². The van der Waals surface area contributed by atoms with Gasteiger partial charge in [-0.15, -0.1) is 0 Å². The molecule has 2 rings (SSSR count). The highest BCUT2D eigenvalue weighted by Gasteiger charge is 2.27. The van der Waals surface area contributed by atoms with Crippen LogP contribution in [-0.4, -0.2) is 24.0 Å². The minimum atomic E-state index is -1.16. The van der Waals surface area contributed by atoms with E-state index in [4.69, 9.17) is 9.15 Å². The number of carbonyl (C=O) groups excluding carboxylic acids is 1. The molecule has 1 atom stereocenters. The predicted octanol–water partition coefficient (Wildman–Crippen LogP) is 3.22. The van der Waals surface area contributed by atoms with E-state index >= 15 is 0 Å². The maximum absolute atomic E-state index is 11.4. The number of ether oxygens (including phenoxy) is 1. The zero-order chi connectivity index (χ0) is 15.6. The molecule has 0 aliphatic rings. The lowest BCUT2D eigenvalue weighted by Gasteiger charge is -2.14. The lowest BCUT2D eigenvalue weighted by atomic mass is 10.0. The van der Waals surface area contributed by atoms with Crippen molar-refractivity contribution >= 4 is 11.8 Å². The lowest BCUT2D eigenvalue weighted by molar-refractivity contribution is 0.0677. The van der Waals surface area contributed by atoms with Crippen molar-refractivity contribution in [2.45, 2.75) is 20.0 Å². The molecule has 110 valence electrons. The van der Waals surface area contributed by atoms with Crippen LogP contribution in [0, 0.1) is 6.92 Å². The van der Waals surface area contributed by atoms with Gasteiger partial charge in [0.25, 0.3) is 0 Å². The minimum absolute atomic E-state index is 0.0107. The summed E-state index contributed by atoms with van der Waals surface area (Å²) < 4.78 is 10.8. The highest BCUT2D eigenvalue weighted by atomic mass is 16.5. The second-order valence-electron chi connectivity index (χ2n) is 4.78. The zero-order valence-corrected chi connectivity index (χ0v) is 12.0. The van der Waals surface area contributed by atoms with Gasteiger partial charge in [-0.25, -0.2) is 4.79 Å². The number of ketones is 1. The van der Waals surface area contributed by atoms with E-state index in [1.807, 2.05) is 31.2 Å². The van der Waals surface area contributed by atoms with E-state index in [1.54, 1.807) is 0 Å². The molecule has 1 heterocycles. The van der Waals surface area contributed by atoms with Gasteiger partial charge in [-0.3, -0.25) is 4.79 Å². The van der Waals surface area contributed by atoms with Crippen LogP contribution in [0.15, 0.2) is 34.7 Å². The van der Waals surface area contributed by atoms with Crippen LogP contribution >= 0.6 is 0 Å². The normalized spacial score (nSPS) is 12.1. The standard InChI is InChI=1S/C16H16O5/c1-9-4-6-11(7-5-9)14(20-3)15-12(16(18)19)8-13(21-15)10(2)17/h4-8,14H,1-3H3,(H,18,19). The van der Waals surface area contributed by atoms with E-state index in [-0.39, 0.29) is 22.9 Å². The summed E-state index contributed by atoms with van der Waals surface area (Å²) >= 11 is 0. The van der Waals surface area contributed by atoms with Crippen LogP contribution in [0.5, 0.6) is 0 Å². The van der Waals surface area contributed by atoms with Gasteiger partial charge >= 0.3 is 5.97 Å². The number of furan rings is 1. The first-order valence-corrected chi connectivity index (χ1v) is 6.41. The van der Waals surface area contributed by atoms with Gasteiger partial charge in [0.1, 0.15) is 11.7 Å². The third-order valence-electron chi connectivity index (χ3n) is 3.19. The summed E-state index contributed by atoms with van der Waals surface area (Å²) in [4.78, 5) is 22.7. The summed E-state index contributed by atoms with van der Waals surface area (Å²) in [5.41, 5.74) is 1.78. The van der Waals surface area contributed by atoms with Crippen molar-refractivity contribution in [3.63, 3.8) is 0 Å². The van der Waals surface area contributed by atoms with Crippen molar-refractivity contribution in [3.8, 4) is 0 Å². The number of aryl methyl sites for hydroxylation is 1. The average molecular weight is 288 g/mol. The highest BCUT2D eigenvalue weighted by molar-refractivity contribution is 5.96. The van der Waals surface area contributed by atoms with Gasteiger partial charge in [-0.1, -0.05) is 29.8 Å². The first-order valence-electron chi connectivity index (χ1n) is 6.41. The Bertz CT molecular complexity index is 666. The van der Waals surface area contributed by atoms with Gasteiger partial charge in [0.15, 0.2) is 17.3 Å². The Balaban J connectivity index is 2.53. The zero-order valence-electron chi connectivity index (χ0n) is 12.0. The van der Waals surface area contributed by atoms with E-state index < -0.39 is 12.1 Å². The van der Waals surface area contributed by atoms with Gasteiger partial charge in [0, 0.05) is 20.1 Å². The number of hydrogen-bond acceptors (Lipinski definition) is 4. The molecule has 5 heteroatoms.